The molecule has 0 unspecified atom stereocenters. The molecule has 2 amide bonds. The number of benzene rings is 1. The molecule has 0 saturated carbocycles. The number of thiazole rings is 1. The molecule has 11 heteroatoms. The molecule has 0 aliphatic heterocycles. The summed E-state index contributed by atoms with van der Waals surface area (Å²) in [5.74, 6) is 0.470. The lowest BCUT2D eigenvalue weighted by Gasteiger charge is -2.06. The largest absolute Gasteiger partial charge is 0.494 e. The predicted molar refractivity (Wildman–Crippen MR) is 121 cm³/mol. The highest BCUT2D eigenvalue weighted by Crippen LogP contribution is 2.26. The van der Waals surface area contributed by atoms with E-state index in [0.29, 0.717) is 26.8 Å². The van der Waals surface area contributed by atoms with Crippen LogP contribution in [-0.2, 0) is 4.79 Å². The van der Waals surface area contributed by atoms with Gasteiger partial charge in [-0.05, 0) is 37.6 Å². The Hall–Kier alpha value is -2.50. The van der Waals surface area contributed by atoms with Crippen molar-refractivity contribution in [1.82, 2.24) is 15.2 Å². The molecule has 0 spiro atoms. The highest BCUT2D eigenvalue weighted by Gasteiger charge is 2.13. The van der Waals surface area contributed by atoms with E-state index in [4.69, 9.17) is 4.74 Å². The Kier molecular flexibility index (Phi) is 8.17. The molecule has 2 aromatic heterocycles. The van der Waals surface area contributed by atoms with Gasteiger partial charge in [-0.15, -0.1) is 21.5 Å². The van der Waals surface area contributed by atoms with Gasteiger partial charge < -0.3 is 10.1 Å². The van der Waals surface area contributed by atoms with Gasteiger partial charge in [0.2, 0.25) is 11.0 Å². The first-order valence-corrected chi connectivity index (χ1v) is 11.9. The lowest BCUT2D eigenvalue weighted by atomic mass is 10.2. The molecular weight excluding hydrogens is 442 g/mol. The van der Waals surface area contributed by atoms with E-state index in [1.54, 1.807) is 24.3 Å². The predicted octanol–water partition coefficient (Wildman–Crippen LogP) is 4.47. The van der Waals surface area contributed by atoms with Gasteiger partial charge in [0.1, 0.15) is 5.75 Å². The van der Waals surface area contributed by atoms with Crippen molar-refractivity contribution in [3.05, 3.63) is 40.9 Å². The van der Waals surface area contributed by atoms with Crippen molar-refractivity contribution in [1.29, 1.82) is 0 Å². The van der Waals surface area contributed by atoms with E-state index in [9.17, 15) is 9.59 Å². The summed E-state index contributed by atoms with van der Waals surface area (Å²) in [6, 6.07) is 6.96. The van der Waals surface area contributed by atoms with Crippen LogP contribution < -0.4 is 15.4 Å². The normalized spacial score (nSPS) is 10.6. The number of amides is 2. The van der Waals surface area contributed by atoms with Crippen LogP contribution in [0.25, 0.3) is 0 Å². The van der Waals surface area contributed by atoms with Crippen LogP contribution in [0.2, 0.25) is 0 Å². The van der Waals surface area contributed by atoms with Crippen molar-refractivity contribution in [2.24, 2.45) is 0 Å². The van der Waals surface area contributed by atoms with E-state index in [-0.39, 0.29) is 17.6 Å². The summed E-state index contributed by atoms with van der Waals surface area (Å²) in [7, 11) is 0. The Balaban J connectivity index is 1.46. The number of hydrogen-bond acceptors (Lipinski definition) is 9. The summed E-state index contributed by atoms with van der Waals surface area (Å²) in [6.45, 7) is 4.63. The fourth-order valence-corrected chi connectivity index (χ4v) is 4.47. The summed E-state index contributed by atoms with van der Waals surface area (Å²) < 4.78 is 6.19. The molecule has 0 bridgehead atoms. The van der Waals surface area contributed by atoms with Crippen LogP contribution >= 0.6 is 34.4 Å². The van der Waals surface area contributed by atoms with Gasteiger partial charge in [-0.25, -0.2) is 4.98 Å². The second-order valence-corrected chi connectivity index (χ2v) is 9.24. The Morgan fingerprint density at radius 1 is 1.13 bits per heavy atom. The molecule has 30 heavy (non-hydrogen) atoms. The number of aryl methyl sites for hydroxylation is 1. The number of anilines is 2. The van der Waals surface area contributed by atoms with E-state index in [1.165, 1.54) is 34.4 Å². The zero-order valence-corrected chi connectivity index (χ0v) is 19.0. The number of nitrogens with zero attached hydrogens (tertiary/aromatic N) is 3. The number of unbranched alkanes of at least 4 members (excludes halogenated alkanes) is 1. The van der Waals surface area contributed by atoms with Gasteiger partial charge in [0.05, 0.1) is 18.1 Å². The third-order valence-corrected chi connectivity index (χ3v) is 6.55. The number of hydrogen-bond donors (Lipinski definition) is 2. The van der Waals surface area contributed by atoms with Gasteiger partial charge in [-0.2, -0.15) is 0 Å². The molecule has 2 heterocycles. The molecule has 0 aliphatic carbocycles. The highest BCUT2D eigenvalue weighted by atomic mass is 32.2. The standard InChI is InChI=1S/C19H21N5O3S3/c1-3-4-9-27-14-7-5-13(6-8-14)16(26)22-18-23-24-19(30-18)29-11-15(25)21-17-20-12(2)10-28-17/h5-8,10H,3-4,9,11H2,1-2H3,(H,20,21,25)(H,22,23,26). The third kappa shape index (κ3) is 6.78. The first-order valence-electron chi connectivity index (χ1n) is 9.26. The monoisotopic (exact) mass is 463 g/mol. The van der Waals surface area contributed by atoms with E-state index < -0.39 is 0 Å². The molecule has 0 atom stereocenters. The molecule has 2 N–H and O–H groups in total. The Bertz CT molecular complexity index is 987. The van der Waals surface area contributed by atoms with Gasteiger partial charge in [0.15, 0.2) is 9.47 Å². The van der Waals surface area contributed by atoms with E-state index in [1.807, 2.05) is 12.3 Å². The maximum atomic E-state index is 12.4. The van der Waals surface area contributed by atoms with Gasteiger partial charge in [0, 0.05) is 10.9 Å². The van der Waals surface area contributed by atoms with Gasteiger partial charge in [0.25, 0.3) is 5.91 Å². The van der Waals surface area contributed by atoms with Crippen LogP contribution in [-0.4, -0.2) is 39.4 Å². The average Bonchev–Trinajstić information content (AvgIpc) is 3.35. The molecule has 3 rings (SSSR count). The number of nitrogens with one attached hydrogen (secondary N) is 2. The smallest absolute Gasteiger partial charge is 0.257 e. The minimum Gasteiger partial charge on any atom is -0.494 e. The fourth-order valence-electron chi connectivity index (χ4n) is 2.22. The van der Waals surface area contributed by atoms with Crippen molar-refractivity contribution >= 4 is 56.5 Å². The number of carbonyl (C=O) groups excluding carboxylic acids is 2. The molecule has 0 radical (unpaired) electrons. The lowest BCUT2D eigenvalue weighted by molar-refractivity contribution is -0.113. The first-order chi connectivity index (χ1) is 14.5. The first kappa shape index (κ1) is 22.2. The fraction of sp³-hybridized carbons (Fsp3) is 0.316. The molecule has 8 nitrogen and oxygen atoms in total. The molecule has 3 aromatic rings. The lowest BCUT2D eigenvalue weighted by Crippen LogP contribution is -2.13. The van der Waals surface area contributed by atoms with Crippen molar-refractivity contribution in [3.8, 4) is 5.75 Å². The highest BCUT2D eigenvalue weighted by molar-refractivity contribution is 8.01. The van der Waals surface area contributed by atoms with Crippen LogP contribution in [0.5, 0.6) is 5.75 Å². The van der Waals surface area contributed by atoms with Crippen molar-refractivity contribution in [2.45, 2.75) is 31.0 Å². The molecule has 1 aromatic carbocycles. The molecule has 158 valence electrons. The minimum absolute atomic E-state index is 0.170. The molecule has 0 saturated heterocycles. The van der Waals surface area contributed by atoms with Crippen LogP contribution in [0.1, 0.15) is 35.8 Å². The van der Waals surface area contributed by atoms with Gasteiger partial charge in [-0.3, -0.25) is 14.9 Å². The third-order valence-electron chi connectivity index (χ3n) is 3.70. The number of carbonyl (C=O) groups is 2. The molecule has 0 aliphatic rings. The molecular formula is C19H21N5O3S3. The van der Waals surface area contributed by atoms with Gasteiger partial charge in [-0.1, -0.05) is 36.4 Å². The van der Waals surface area contributed by atoms with Crippen LogP contribution in [0.4, 0.5) is 10.3 Å². The summed E-state index contributed by atoms with van der Waals surface area (Å²) in [5, 5.41) is 16.3. The Labute approximate surface area is 186 Å². The van der Waals surface area contributed by atoms with E-state index in [0.717, 1.165) is 24.3 Å². The number of aromatic nitrogens is 3. The molecule has 0 fully saturated rings. The van der Waals surface area contributed by atoms with Crippen LogP contribution in [0, 0.1) is 6.92 Å². The summed E-state index contributed by atoms with van der Waals surface area (Å²) >= 11 is 3.85. The van der Waals surface area contributed by atoms with Gasteiger partial charge >= 0.3 is 0 Å². The number of ether oxygens (including phenoxy) is 1. The zero-order valence-electron chi connectivity index (χ0n) is 16.5. The van der Waals surface area contributed by atoms with Crippen molar-refractivity contribution in [3.63, 3.8) is 0 Å². The zero-order chi connectivity index (χ0) is 21.3. The maximum absolute atomic E-state index is 12.4. The summed E-state index contributed by atoms with van der Waals surface area (Å²) in [5.41, 5.74) is 1.37. The van der Waals surface area contributed by atoms with Crippen LogP contribution in [0.15, 0.2) is 34.0 Å². The number of thioether (sulfide) groups is 1. The topological polar surface area (TPSA) is 106 Å². The van der Waals surface area contributed by atoms with Crippen LogP contribution in [0.3, 0.4) is 0 Å². The quantitative estimate of drug-likeness (QED) is 0.260. The summed E-state index contributed by atoms with van der Waals surface area (Å²) in [4.78, 5) is 28.6. The Morgan fingerprint density at radius 2 is 1.93 bits per heavy atom. The number of rotatable bonds is 10. The van der Waals surface area contributed by atoms with E-state index in [2.05, 4.69) is 32.7 Å². The maximum Gasteiger partial charge on any atom is 0.257 e. The average molecular weight is 464 g/mol. The van der Waals surface area contributed by atoms with Crippen molar-refractivity contribution < 1.29 is 14.3 Å². The minimum atomic E-state index is -0.278. The van der Waals surface area contributed by atoms with E-state index >= 15 is 0 Å². The second-order valence-electron chi connectivity index (χ2n) is 6.18. The summed E-state index contributed by atoms with van der Waals surface area (Å²) in [6.07, 6.45) is 2.06. The second kappa shape index (κ2) is 11.0. The Morgan fingerprint density at radius 3 is 2.63 bits per heavy atom. The SMILES string of the molecule is CCCCOc1ccc(C(=O)Nc2nnc(SCC(=O)Nc3nc(C)cs3)s2)cc1. The van der Waals surface area contributed by atoms with Crippen molar-refractivity contribution in [2.75, 3.05) is 23.0 Å².